The monoisotopic (exact) mass is 308 g/mol. The Labute approximate surface area is 114 Å². The molecule has 1 fully saturated rings. The number of halogens is 1. The van der Waals surface area contributed by atoms with Crippen LogP contribution in [0, 0.1) is 5.92 Å². The maximum atomic E-state index is 12.2. The van der Waals surface area contributed by atoms with E-state index in [0.29, 0.717) is 17.2 Å². The highest BCUT2D eigenvalue weighted by Crippen LogP contribution is 2.30. The van der Waals surface area contributed by atoms with E-state index in [0.717, 1.165) is 11.3 Å². The fraction of sp³-hybridized carbons (Fsp3) is 0.500. The number of hydrogen-bond acceptors (Lipinski definition) is 5. The van der Waals surface area contributed by atoms with Gasteiger partial charge >= 0.3 is 0 Å². The second-order valence-electron chi connectivity index (χ2n) is 4.06. The average molecular weight is 309 g/mol. The highest BCUT2D eigenvalue weighted by molar-refractivity contribution is 7.91. The van der Waals surface area contributed by atoms with Gasteiger partial charge in [0, 0.05) is 25.0 Å². The summed E-state index contributed by atoms with van der Waals surface area (Å²) in [6.07, 6.45) is 0.585. The first kappa shape index (κ1) is 13.8. The summed E-state index contributed by atoms with van der Waals surface area (Å²) in [5.41, 5.74) is 0. The first-order valence-electron chi connectivity index (χ1n) is 5.37. The third-order valence-electron chi connectivity index (χ3n) is 2.93. The van der Waals surface area contributed by atoms with Crippen molar-refractivity contribution in [2.45, 2.75) is 17.1 Å². The number of sulfonamides is 1. The molecule has 2 rings (SSSR count). The second kappa shape index (κ2) is 5.16. The third-order valence-corrected chi connectivity index (χ3v) is 6.53. The molecule has 1 aromatic rings. The van der Waals surface area contributed by atoms with E-state index in [9.17, 15) is 18.3 Å². The third kappa shape index (κ3) is 2.69. The van der Waals surface area contributed by atoms with Crippen LogP contribution in [0.1, 0.15) is 12.8 Å². The van der Waals surface area contributed by atoms with E-state index in [2.05, 4.69) is 0 Å². The van der Waals surface area contributed by atoms with Crippen molar-refractivity contribution in [1.82, 2.24) is 4.31 Å². The van der Waals surface area contributed by atoms with Crippen LogP contribution < -0.4 is 5.11 Å². The van der Waals surface area contributed by atoms with Crippen molar-refractivity contribution in [1.29, 1.82) is 0 Å². The smallest absolute Gasteiger partial charge is 0.252 e. The number of carboxylic acids is 1. The molecule has 2 heterocycles. The quantitative estimate of drug-likeness (QED) is 0.817. The number of aliphatic carboxylic acids is 1. The molecule has 0 saturated carbocycles. The molecule has 8 heteroatoms. The van der Waals surface area contributed by atoms with Crippen molar-refractivity contribution in [2.24, 2.45) is 5.92 Å². The molecule has 18 heavy (non-hydrogen) atoms. The van der Waals surface area contributed by atoms with E-state index in [-0.39, 0.29) is 17.3 Å². The molecular weight excluding hydrogens is 298 g/mol. The Hall–Kier alpha value is -0.630. The normalized spacial score (nSPS) is 18.9. The van der Waals surface area contributed by atoms with Crippen molar-refractivity contribution in [3.8, 4) is 0 Å². The van der Waals surface area contributed by atoms with E-state index in [1.54, 1.807) is 0 Å². The predicted molar refractivity (Wildman–Crippen MR) is 65.8 cm³/mol. The SMILES string of the molecule is O=C([O-])C1CCN(S(=O)(=O)c2ccc(Cl)s2)CC1. The molecule has 0 amide bonds. The van der Waals surface area contributed by atoms with E-state index >= 15 is 0 Å². The lowest BCUT2D eigenvalue weighted by Gasteiger charge is -2.31. The van der Waals surface area contributed by atoms with Crippen LogP contribution in [0.3, 0.4) is 0 Å². The number of carbonyl (C=O) groups excluding carboxylic acids is 1. The molecule has 1 aliphatic heterocycles. The maximum absolute atomic E-state index is 12.2. The van der Waals surface area contributed by atoms with Gasteiger partial charge in [0.05, 0.1) is 4.34 Å². The molecule has 1 saturated heterocycles. The van der Waals surface area contributed by atoms with Crippen molar-refractivity contribution in [3.63, 3.8) is 0 Å². The summed E-state index contributed by atoms with van der Waals surface area (Å²) in [6.45, 7) is 0.410. The number of carbonyl (C=O) groups is 1. The average Bonchev–Trinajstić information content (AvgIpc) is 2.76. The predicted octanol–water partition coefficient (Wildman–Crippen LogP) is 0.552. The number of thiophene rings is 1. The molecule has 1 aromatic heterocycles. The number of hydrogen-bond donors (Lipinski definition) is 0. The molecule has 0 radical (unpaired) electrons. The Kier molecular flexibility index (Phi) is 3.96. The maximum Gasteiger partial charge on any atom is 0.252 e. The molecular formula is C10H11ClNO4S2-. The molecule has 0 N–H and O–H groups in total. The molecule has 0 aliphatic carbocycles. The number of rotatable bonds is 3. The summed E-state index contributed by atoms with van der Waals surface area (Å²) < 4.78 is 26.3. The van der Waals surface area contributed by atoms with E-state index in [1.165, 1.54) is 16.4 Å². The standard InChI is InChI=1S/C10H12ClNO4S2/c11-8-1-2-9(17-8)18(15,16)12-5-3-7(4-6-12)10(13)14/h1-2,7H,3-6H2,(H,13,14)/p-1. The zero-order valence-corrected chi connectivity index (χ0v) is 11.7. The summed E-state index contributed by atoms with van der Waals surface area (Å²) in [6, 6.07) is 3.00. The van der Waals surface area contributed by atoms with Gasteiger partial charge in [-0.3, -0.25) is 0 Å². The number of piperidine rings is 1. The van der Waals surface area contributed by atoms with Gasteiger partial charge in [-0.1, -0.05) is 11.6 Å². The van der Waals surface area contributed by atoms with Crippen LogP contribution in [0.4, 0.5) is 0 Å². The molecule has 1 aliphatic rings. The van der Waals surface area contributed by atoms with Gasteiger partial charge in [0.1, 0.15) is 4.21 Å². The summed E-state index contributed by atoms with van der Waals surface area (Å²) in [7, 11) is -3.54. The van der Waals surface area contributed by atoms with Crippen molar-refractivity contribution < 1.29 is 18.3 Å². The minimum atomic E-state index is -3.54. The number of nitrogens with zero attached hydrogens (tertiary/aromatic N) is 1. The summed E-state index contributed by atoms with van der Waals surface area (Å²) in [4.78, 5) is 10.7. The Morgan fingerprint density at radius 2 is 2.00 bits per heavy atom. The van der Waals surface area contributed by atoms with Crippen LogP contribution in [0.25, 0.3) is 0 Å². The van der Waals surface area contributed by atoms with Gasteiger partial charge in [0.15, 0.2) is 0 Å². The Balaban J connectivity index is 2.12. The lowest BCUT2D eigenvalue weighted by molar-refractivity contribution is -0.312. The van der Waals surface area contributed by atoms with Crippen LogP contribution in [-0.2, 0) is 14.8 Å². The van der Waals surface area contributed by atoms with Gasteiger partial charge in [-0.25, -0.2) is 8.42 Å². The fourth-order valence-electron chi connectivity index (χ4n) is 1.90. The minimum absolute atomic E-state index is 0.194. The molecule has 0 unspecified atom stereocenters. The Morgan fingerprint density at radius 1 is 1.39 bits per heavy atom. The first-order valence-corrected chi connectivity index (χ1v) is 8.01. The first-order chi connectivity index (χ1) is 8.41. The van der Waals surface area contributed by atoms with Gasteiger partial charge in [-0.05, 0) is 25.0 Å². The van der Waals surface area contributed by atoms with Crippen LogP contribution >= 0.6 is 22.9 Å². The summed E-state index contributed by atoms with van der Waals surface area (Å²) >= 11 is 6.72. The largest absolute Gasteiger partial charge is 0.550 e. The van der Waals surface area contributed by atoms with Gasteiger partial charge in [-0.2, -0.15) is 4.31 Å². The van der Waals surface area contributed by atoms with Gasteiger partial charge in [0.25, 0.3) is 10.0 Å². The lowest BCUT2D eigenvalue weighted by Crippen LogP contribution is -2.43. The van der Waals surface area contributed by atoms with Crippen molar-refractivity contribution in [2.75, 3.05) is 13.1 Å². The van der Waals surface area contributed by atoms with E-state index in [1.807, 2.05) is 0 Å². The molecule has 0 aromatic carbocycles. The van der Waals surface area contributed by atoms with E-state index in [4.69, 9.17) is 11.6 Å². The Morgan fingerprint density at radius 3 is 2.44 bits per heavy atom. The van der Waals surface area contributed by atoms with Crippen molar-refractivity contribution in [3.05, 3.63) is 16.5 Å². The minimum Gasteiger partial charge on any atom is -0.550 e. The van der Waals surface area contributed by atoms with Gasteiger partial charge in [0.2, 0.25) is 0 Å². The highest BCUT2D eigenvalue weighted by Gasteiger charge is 2.30. The zero-order chi connectivity index (χ0) is 13.3. The molecule has 0 spiro atoms. The van der Waals surface area contributed by atoms with E-state index < -0.39 is 21.9 Å². The van der Waals surface area contributed by atoms with Crippen LogP contribution in [0.15, 0.2) is 16.3 Å². The molecule has 100 valence electrons. The highest BCUT2D eigenvalue weighted by atomic mass is 35.5. The lowest BCUT2D eigenvalue weighted by atomic mass is 9.99. The molecule has 5 nitrogen and oxygen atoms in total. The van der Waals surface area contributed by atoms with Crippen LogP contribution in [0.5, 0.6) is 0 Å². The van der Waals surface area contributed by atoms with Gasteiger partial charge < -0.3 is 9.90 Å². The molecule has 0 bridgehead atoms. The molecule has 0 atom stereocenters. The Bertz CT molecular complexity index is 546. The summed E-state index contributed by atoms with van der Waals surface area (Å²) in [5, 5.41) is 10.7. The second-order valence-corrected chi connectivity index (χ2v) is 7.94. The van der Waals surface area contributed by atoms with Gasteiger partial charge in [-0.15, -0.1) is 11.3 Å². The van der Waals surface area contributed by atoms with Crippen LogP contribution in [0.2, 0.25) is 4.34 Å². The summed E-state index contributed by atoms with van der Waals surface area (Å²) in [5.74, 6) is -1.66. The van der Waals surface area contributed by atoms with Crippen LogP contribution in [-0.4, -0.2) is 31.8 Å². The topological polar surface area (TPSA) is 77.5 Å². The van der Waals surface area contributed by atoms with Crippen molar-refractivity contribution >= 4 is 38.9 Å². The fourth-order valence-corrected chi connectivity index (χ4v) is 5.00. The zero-order valence-electron chi connectivity index (χ0n) is 9.34. The number of carboxylic acid groups (broad SMARTS) is 1.